The van der Waals surface area contributed by atoms with Gasteiger partial charge in [0, 0.05) is 46.0 Å². The van der Waals surface area contributed by atoms with Crippen LogP contribution in [0.3, 0.4) is 0 Å². The third-order valence-corrected chi connectivity index (χ3v) is 7.11. The third kappa shape index (κ3) is 4.57. The number of piperazine rings is 1. The number of sulfonamides is 1. The van der Waals surface area contributed by atoms with Crippen molar-refractivity contribution in [1.29, 1.82) is 0 Å². The van der Waals surface area contributed by atoms with E-state index in [2.05, 4.69) is 15.1 Å². The van der Waals surface area contributed by atoms with Gasteiger partial charge in [0.2, 0.25) is 10.0 Å². The fourth-order valence-corrected chi connectivity index (χ4v) is 4.51. The summed E-state index contributed by atoms with van der Waals surface area (Å²) in [5.41, 5.74) is 1.69. The number of nitrogens with zero attached hydrogens (tertiary/aromatic N) is 3. The van der Waals surface area contributed by atoms with Gasteiger partial charge in [-0.05, 0) is 42.5 Å². The number of thiocarbonyl (C=S) groups is 1. The summed E-state index contributed by atoms with van der Waals surface area (Å²) in [4.78, 5) is 4.55. The van der Waals surface area contributed by atoms with E-state index < -0.39 is 10.0 Å². The zero-order valence-corrected chi connectivity index (χ0v) is 18.2. The molecule has 0 atom stereocenters. The topological polar surface area (TPSA) is 55.9 Å². The van der Waals surface area contributed by atoms with E-state index in [9.17, 15) is 8.42 Å². The van der Waals surface area contributed by atoms with E-state index in [1.54, 1.807) is 24.3 Å². The minimum Gasteiger partial charge on any atom is -0.367 e. The smallest absolute Gasteiger partial charge is 0.242 e. The second-order valence-corrected chi connectivity index (χ2v) is 9.62. The minimum atomic E-state index is -3.48. The number of anilines is 2. The fourth-order valence-electron chi connectivity index (χ4n) is 3.01. The lowest BCUT2D eigenvalue weighted by molar-refractivity contribution is 0.391. The van der Waals surface area contributed by atoms with E-state index in [1.807, 2.05) is 24.3 Å². The molecule has 1 N–H and O–H groups in total. The number of hydrogen-bond donors (Lipinski definition) is 1. The van der Waals surface area contributed by atoms with Gasteiger partial charge >= 0.3 is 0 Å². The summed E-state index contributed by atoms with van der Waals surface area (Å²) in [7, 11) is -0.460. The number of rotatable bonds is 4. The number of nitrogens with one attached hydrogen (secondary N) is 1. The SMILES string of the molecule is CN(C)S(=O)(=O)c1cccc(NC(=S)N2CCN(c3ccccc3Cl)CC2)c1. The van der Waals surface area contributed by atoms with Crippen molar-refractivity contribution in [1.82, 2.24) is 9.21 Å². The van der Waals surface area contributed by atoms with E-state index in [0.29, 0.717) is 10.8 Å². The van der Waals surface area contributed by atoms with Crippen molar-refractivity contribution < 1.29 is 8.42 Å². The average Bonchev–Trinajstić information content (AvgIpc) is 2.68. The molecule has 1 saturated heterocycles. The van der Waals surface area contributed by atoms with E-state index in [4.69, 9.17) is 23.8 Å². The van der Waals surface area contributed by atoms with Gasteiger partial charge in [0.1, 0.15) is 0 Å². The van der Waals surface area contributed by atoms with Crippen LogP contribution in [0.1, 0.15) is 0 Å². The number of hydrogen-bond acceptors (Lipinski definition) is 4. The van der Waals surface area contributed by atoms with E-state index >= 15 is 0 Å². The zero-order chi connectivity index (χ0) is 20.3. The Labute approximate surface area is 176 Å². The molecule has 6 nitrogen and oxygen atoms in total. The van der Waals surface area contributed by atoms with Crippen LogP contribution in [0, 0.1) is 0 Å². The highest BCUT2D eigenvalue weighted by molar-refractivity contribution is 7.89. The molecular weight excluding hydrogens is 416 g/mol. The molecule has 2 aromatic carbocycles. The van der Waals surface area contributed by atoms with Gasteiger partial charge in [-0.25, -0.2) is 12.7 Å². The Balaban J connectivity index is 1.63. The Hall–Kier alpha value is -1.87. The summed E-state index contributed by atoms with van der Waals surface area (Å²) < 4.78 is 25.8. The van der Waals surface area contributed by atoms with Gasteiger partial charge in [0.15, 0.2) is 5.11 Å². The summed E-state index contributed by atoms with van der Waals surface area (Å²) >= 11 is 11.8. The van der Waals surface area contributed by atoms with Crippen LogP contribution in [0.4, 0.5) is 11.4 Å². The average molecular weight is 439 g/mol. The maximum Gasteiger partial charge on any atom is 0.242 e. The summed E-state index contributed by atoms with van der Waals surface area (Å²) in [6.45, 7) is 3.13. The van der Waals surface area contributed by atoms with Crippen molar-refractivity contribution in [2.24, 2.45) is 0 Å². The predicted molar refractivity (Wildman–Crippen MR) is 119 cm³/mol. The molecule has 0 radical (unpaired) electrons. The molecule has 28 heavy (non-hydrogen) atoms. The summed E-state index contributed by atoms with van der Waals surface area (Å²) in [6, 6.07) is 14.5. The molecular formula is C19H23ClN4O2S2. The molecule has 0 aliphatic carbocycles. The lowest BCUT2D eigenvalue weighted by Gasteiger charge is -2.37. The first kappa shape index (κ1) is 20.9. The second kappa shape index (κ2) is 8.65. The van der Waals surface area contributed by atoms with Crippen molar-refractivity contribution >= 4 is 50.3 Å². The largest absolute Gasteiger partial charge is 0.367 e. The van der Waals surface area contributed by atoms with Crippen LogP contribution >= 0.6 is 23.8 Å². The quantitative estimate of drug-likeness (QED) is 0.740. The molecule has 1 heterocycles. The highest BCUT2D eigenvalue weighted by Gasteiger charge is 2.21. The Kier molecular flexibility index (Phi) is 6.44. The Morgan fingerprint density at radius 3 is 2.39 bits per heavy atom. The molecule has 2 aromatic rings. The second-order valence-electron chi connectivity index (χ2n) is 6.67. The van der Waals surface area contributed by atoms with Crippen LogP contribution in [0.2, 0.25) is 5.02 Å². The first-order valence-electron chi connectivity index (χ1n) is 8.87. The van der Waals surface area contributed by atoms with Crippen LogP contribution in [-0.4, -0.2) is 63.0 Å². The van der Waals surface area contributed by atoms with Crippen LogP contribution in [0.5, 0.6) is 0 Å². The maximum atomic E-state index is 12.3. The molecule has 9 heteroatoms. The molecule has 0 aromatic heterocycles. The summed E-state index contributed by atoms with van der Waals surface area (Å²) in [5.74, 6) is 0. The predicted octanol–water partition coefficient (Wildman–Crippen LogP) is 3.11. The number of halogens is 1. The van der Waals surface area contributed by atoms with Gasteiger partial charge in [-0.2, -0.15) is 0 Å². The molecule has 0 saturated carbocycles. The van der Waals surface area contributed by atoms with Crippen LogP contribution in [0.25, 0.3) is 0 Å². The van der Waals surface area contributed by atoms with Gasteiger partial charge in [0.25, 0.3) is 0 Å². The minimum absolute atomic E-state index is 0.230. The highest BCUT2D eigenvalue weighted by Crippen LogP contribution is 2.26. The molecule has 0 amide bonds. The standard InChI is InChI=1S/C19H23ClN4O2S2/c1-22(2)28(25,26)16-7-5-6-15(14-16)21-19(27)24-12-10-23(11-13-24)18-9-4-3-8-17(18)20/h3-9,14H,10-13H2,1-2H3,(H,21,27). The van der Waals surface area contributed by atoms with Crippen molar-refractivity contribution in [2.45, 2.75) is 4.90 Å². The van der Waals surface area contributed by atoms with Crippen molar-refractivity contribution in [2.75, 3.05) is 50.5 Å². The summed E-state index contributed by atoms with van der Waals surface area (Å²) in [6.07, 6.45) is 0. The van der Waals surface area contributed by atoms with Crippen molar-refractivity contribution in [3.05, 3.63) is 53.6 Å². The van der Waals surface area contributed by atoms with Gasteiger partial charge in [0.05, 0.1) is 15.6 Å². The molecule has 150 valence electrons. The lowest BCUT2D eigenvalue weighted by Crippen LogP contribution is -2.50. The molecule has 1 aliphatic heterocycles. The van der Waals surface area contributed by atoms with Gasteiger partial charge < -0.3 is 15.1 Å². The van der Waals surface area contributed by atoms with Crippen LogP contribution < -0.4 is 10.2 Å². The maximum absolute atomic E-state index is 12.3. The van der Waals surface area contributed by atoms with E-state index in [1.165, 1.54) is 18.4 Å². The van der Waals surface area contributed by atoms with Crippen LogP contribution in [0.15, 0.2) is 53.4 Å². The zero-order valence-electron chi connectivity index (χ0n) is 15.8. The molecule has 0 unspecified atom stereocenters. The Morgan fingerprint density at radius 2 is 1.75 bits per heavy atom. The normalized spacial score (nSPS) is 15.0. The van der Waals surface area contributed by atoms with Crippen LogP contribution in [-0.2, 0) is 10.0 Å². The fraction of sp³-hybridized carbons (Fsp3) is 0.316. The first-order valence-corrected chi connectivity index (χ1v) is 11.1. The number of benzene rings is 2. The molecule has 1 aliphatic rings. The van der Waals surface area contributed by atoms with E-state index in [-0.39, 0.29) is 4.90 Å². The first-order chi connectivity index (χ1) is 13.3. The molecule has 3 rings (SSSR count). The Morgan fingerprint density at radius 1 is 1.07 bits per heavy atom. The van der Waals surface area contributed by atoms with Crippen molar-refractivity contribution in [3.8, 4) is 0 Å². The lowest BCUT2D eigenvalue weighted by atomic mass is 10.2. The van der Waals surface area contributed by atoms with Gasteiger partial charge in [-0.15, -0.1) is 0 Å². The molecule has 0 bridgehead atoms. The van der Waals surface area contributed by atoms with Gasteiger partial charge in [-0.3, -0.25) is 0 Å². The molecule has 1 fully saturated rings. The monoisotopic (exact) mass is 438 g/mol. The molecule has 0 spiro atoms. The van der Waals surface area contributed by atoms with Crippen molar-refractivity contribution in [3.63, 3.8) is 0 Å². The number of para-hydroxylation sites is 1. The third-order valence-electron chi connectivity index (χ3n) is 4.62. The highest BCUT2D eigenvalue weighted by atomic mass is 35.5. The Bertz CT molecular complexity index is 958. The van der Waals surface area contributed by atoms with E-state index in [0.717, 1.165) is 36.9 Å². The van der Waals surface area contributed by atoms with Gasteiger partial charge in [-0.1, -0.05) is 29.8 Å². The summed E-state index contributed by atoms with van der Waals surface area (Å²) in [5, 5.41) is 4.49.